The predicted molar refractivity (Wildman–Crippen MR) is 62.0 cm³/mol. The van der Waals surface area contributed by atoms with Crippen LogP contribution in [0.25, 0.3) is 0 Å². The van der Waals surface area contributed by atoms with Gasteiger partial charge < -0.3 is 10.0 Å². The van der Waals surface area contributed by atoms with Gasteiger partial charge in [0, 0.05) is 19.5 Å². The number of amides is 1. The third-order valence-electron chi connectivity index (χ3n) is 2.89. The second kappa shape index (κ2) is 4.56. The molecule has 1 aromatic carbocycles. The summed E-state index contributed by atoms with van der Waals surface area (Å²) in [5, 5.41) is 7.85. The van der Waals surface area contributed by atoms with Crippen molar-refractivity contribution in [2.45, 2.75) is 18.2 Å². The van der Waals surface area contributed by atoms with Gasteiger partial charge in [-0.25, -0.2) is 0 Å². The van der Waals surface area contributed by atoms with Crippen LogP contribution in [-0.4, -0.2) is 36.1 Å². The summed E-state index contributed by atoms with van der Waals surface area (Å²) >= 11 is 0. The number of carbonyl (C=O) groups excluding carboxylic acids is 1. The standard InChI is InChI=1S/C11H12FNO4S/c12-18(16,17)10-5-11(15)13(7-10)6-8-1-3-9(14)4-2-8/h1-4,10,14H,5-7H2. The normalized spacial score (nSPS) is 20.4. The molecule has 1 atom stereocenters. The summed E-state index contributed by atoms with van der Waals surface area (Å²) < 4.78 is 34.3. The molecule has 7 heteroatoms. The molecule has 1 heterocycles. The van der Waals surface area contributed by atoms with Crippen molar-refractivity contribution in [3.05, 3.63) is 29.8 Å². The molecule has 0 bridgehead atoms. The summed E-state index contributed by atoms with van der Waals surface area (Å²) in [6.45, 7) is 0.0870. The Balaban J connectivity index is 2.07. The van der Waals surface area contributed by atoms with Crippen LogP contribution in [0.1, 0.15) is 12.0 Å². The zero-order valence-corrected chi connectivity index (χ0v) is 10.2. The molecular weight excluding hydrogens is 261 g/mol. The summed E-state index contributed by atoms with van der Waals surface area (Å²) in [5.74, 6) is -0.273. The van der Waals surface area contributed by atoms with Gasteiger partial charge in [-0.05, 0) is 17.7 Å². The highest BCUT2D eigenvalue weighted by molar-refractivity contribution is 7.87. The predicted octanol–water partition coefficient (Wildman–Crippen LogP) is 0.792. The molecule has 1 aliphatic heterocycles. The van der Waals surface area contributed by atoms with Gasteiger partial charge in [0.15, 0.2) is 0 Å². The van der Waals surface area contributed by atoms with Crippen LogP contribution in [0, 0.1) is 0 Å². The van der Waals surface area contributed by atoms with Gasteiger partial charge in [0.25, 0.3) is 0 Å². The maximum absolute atomic E-state index is 12.8. The third kappa shape index (κ3) is 2.79. The second-order valence-corrected chi connectivity index (χ2v) is 5.86. The molecule has 1 aromatic rings. The highest BCUT2D eigenvalue weighted by Gasteiger charge is 2.38. The van der Waals surface area contributed by atoms with E-state index in [0.717, 1.165) is 5.56 Å². The van der Waals surface area contributed by atoms with Gasteiger partial charge in [-0.1, -0.05) is 12.1 Å². The molecule has 1 amide bonds. The summed E-state index contributed by atoms with van der Waals surface area (Å²) in [5.41, 5.74) is 0.748. The quantitative estimate of drug-likeness (QED) is 0.826. The van der Waals surface area contributed by atoms with E-state index < -0.39 is 15.5 Å². The van der Waals surface area contributed by atoms with Crippen LogP contribution < -0.4 is 0 Å². The van der Waals surface area contributed by atoms with Crippen molar-refractivity contribution >= 4 is 16.1 Å². The molecule has 18 heavy (non-hydrogen) atoms. The Kier molecular flexibility index (Phi) is 3.25. The number of likely N-dealkylation sites (tertiary alicyclic amines) is 1. The van der Waals surface area contributed by atoms with Gasteiger partial charge in [0.05, 0.1) is 0 Å². The van der Waals surface area contributed by atoms with Crippen molar-refractivity contribution in [1.82, 2.24) is 4.90 Å². The first-order chi connectivity index (χ1) is 8.36. The lowest BCUT2D eigenvalue weighted by molar-refractivity contribution is -0.128. The van der Waals surface area contributed by atoms with Crippen LogP contribution in [0.4, 0.5) is 3.89 Å². The van der Waals surface area contributed by atoms with E-state index in [1.807, 2.05) is 0 Å². The van der Waals surface area contributed by atoms with E-state index in [9.17, 15) is 17.1 Å². The maximum Gasteiger partial charge on any atom is 0.307 e. The largest absolute Gasteiger partial charge is 0.508 e. The molecule has 0 aliphatic carbocycles. The number of nitrogens with zero attached hydrogens (tertiary/aromatic N) is 1. The Morgan fingerprint density at radius 2 is 1.94 bits per heavy atom. The number of hydrogen-bond donors (Lipinski definition) is 1. The SMILES string of the molecule is O=C1CC(S(=O)(=O)F)CN1Cc1ccc(O)cc1. The number of aromatic hydroxyl groups is 1. The van der Waals surface area contributed by atoms with Crippen molar-refractivity contribution < 1.29 is 22.2 Å². The molecule has 1 N–H and O–H groups in total. The zero-order valence-electron chi connectivity index (χ0n) is 9.41. The second-order valence-electron chi connectivity index (χ2n) is 4.24. The molecule has 1 fully saturated rings. The number of phenols is 1. The van der Waals surface area contributed by atoms with E-state index in [1.165, 1.54) is 17.0 Å². The van der Waals surface area contributed by atoms with Crippen LogP contribution in [0.3, 0.4) is 0 Å². The molecule has 1 unspecified atom stereocenters. The monoisotopic (exact) mass is 273 g/mol. The summed E-state index contributed by atoms with van der Waals surface area (Å²) in [6.07, 6.45) is -0.309. The molecule has 0 saturated carbocycles. The Bertz CT molecular complexity index is 555. The van der Waals surface area contributed by atoms with Crippen molar-refractivity contribution in [1.29, 1.82) is 0 Å². The smallest absolute Gasteiger partial charge is 0.307 e. The van der Waals surface area contributed by atoms with Crippen molar-refractivity contribution in [2.24, 2.45) is 0 Å². The van der Waals surface area contributed by atoms with Crippen LogP contribution >= 0.6 is 0 Å². The van der Waals surface area contributed by atoms with Gasteiger partial charge in [-0.2, -0.15) is 8.42 Å². The van der Waals surface area contributed by atoms with E-state index in [-0.39, 0.29) is 31.2 Å². The molecule has 0 aromatic heterocycles. The van der Waals surface area contributed by atoms with E-state index in [0.29, 0.717) is 0 Å². The van der Waals surface area contributed by atoms with E-state index in [4.69, 9.17) is 5.11 Å². The van der Waals surface area contributed by atoms with Crippen LogP contribution in [0.15, 0.2) is 24.3 Å². The average molecular weight is 273 g/mol. The van der Waals surface area contributed by atoms with Crippen LogP contribution in [0.5, 0.6) is 5.75 Å². The number of phenolic OH excluding ortho intramolecular Hbond substituents is 1. The lowest BCUT2D eigenvalue weighted by Gasteiger charge is -2.15. The molecular formula is C11H12FNO4S. The summed E-state index contributed by atoms with van der Waals surface area (Å²) in [7, 11) is -4.67. The first-order valence-corrected chi connectivity index (χ1v) is 6.80. The first-order valence-electron chi connectivity index (χ1n) is 5.35. The lowest BCUT2D eigenvalue weighted by atomic mass is 10.2. The third-order valence-corrected chi connectivity index (χ3v) is 4.00. The van der Waals surface area contributed by atoms with E-state index >= 15 is 0 Å². The van der Waals surface area contributed by atoms with E-state index in [2.05, 4.69) is 0 Å². The van der Waals surface area contributed by atoms with Crippen molar-refractivity contribution in [3.63, 3.8) is 0 Å². The molecule has 2 rings (SSSR count). The Morgan fingerprint density at radius 1 is 1.33 bits per heavy atom. The Hall–Kier alpha value is -1.63. The molecule has 0 radical (unpaired) electrons. The fourth-order valence-corrected chi connectivity index (χ4v) is 2.60. The molecule has 5 nitrogen and oxygen atoms in total. The van der Waals surface area contributed by atoms with Crippen LogP contribution in [0.2, 0.25) is 0 Å². The molecule has 1 saturated heterocycles. The fraction of sp³-hybridized carbons (Fsp3) is 0.364. The summed E-state index contributed by atoms with van der Waals surface area (Å²) in [4.78, 5) is 12.8. The van der Waals surface area contributed by atoms with Crippen molar-refractivity contribution in [2.75, 3.05) is 6.54 Å². The van der Waals surface area contributed by atoms with E-state index in [1.54, 1.807) is 12.1 Å². The minimum Gasteiger partial charge on any atom is -0.508 e. The molecule has 98 valence electrons. The lowest BCUT2D eigenvalue weighted by Crippen LogP contribution is -2.26. The fourth-order valence-electron chi connectivity index (χ4n) is 1.90. The highest BCUT2D eigenvalue weighted by atomic mass is 32.3. The number of halogens is 1. The number of rotatable bonds is 3. The number of carbonyl (C=O) groups is 1. The Morgan fingerprint density at radius 3 is 2.44 bits per heavy atom. The van der Waals surface area contributed by atoms with Gasteiger partial charge in [-0.3, -0.25) is 4.79 Å². The molecule has 1 aliphatic rings. The highest BCUT2D eigenvalue weighted by Crippen LogP contribution is 2.22. The number of benzene rings is 1. The molecule has 0 spiro atoms. The minimum absolute atomic E-state index is 0.107. The average Bonchev–Trinajstić information content (AvgIpc) is 2.63. The number of hydrogen-bond acceptors (Lipinski definition) is 4. The van der Waals surface area contributed by atoms with Gasteiger partial charge in [0.2, 0.25) is 5.91 Å². The van der Waals surface area contributed by atoms with Crippen molar-refractivity contribution in [3.8, 4) is 5.75 Å². The topological polar surface area (TPSA) is 74.7 Å². The zero-order chi connectivity index (χ0) is 13.3. The van der Waals surface area contributed by atoms with Gasteiger partial charge >= 0.3 is 10.2 Å². The first kappa shape index (κ1) is 12.8. The van der Waals surface area contributed by atoms with Crippen LogP contribution in [-0.2, 0) is 21.6 Å². The Labute approximate surface area is 104 Å². The van der Waals surface area contributed by atoms with Gasteiger partial charge in [-0.15, -0.1) is 3.89 Å². The maximum atomic E-state index is 12.8. The van der Waals surface area contributed by atoms with Gasteiger partial charge in [0.1, 0.15) is 11.0 Å². The minimum atomic E-state index is -4.67. The summed E-state index contributed by atoms with van der Waals surface area (Å²) in [6, 6.07) is 6.19.